The summed E-state index contributed by atoms with van der Waals surface area (Å²) in [5.74, 6) is 0. The Morgan fingerprint density at radius 3 is 1.38 bits per heavy atom. The summed E-state index contributed by atoms with van der Waals surface area (Å²) in [4.78, 5) is 11.9. The third-order valence-electron chi connectivity index (χ3n) is 7.24. The van der Waals surface area contributed by atoms with E-state index >= 15 is 0 Å². The fourth-order valence-electron chi connectivity index (χ4n) is 4.81. The molecule has 0 rings (SSSR count). The summed E-state index contributed by atoms with van der Waals surface area (Å²) in [5, 5.41) is -0.603. The van der Waals surface area contributed by atoms with Gasteiger partial charge in [0, 0.05) is 12.8 Å². The normalized spacial score (nSPS) is 14.8. The van der Waals surface area contributed by atoms with Gasteiger partial charge in [-0.3, -0.25) is 4.48 Å². The molecule has 0 aliphatic heterocycles. The molecule has 0 aromatic rings. The van der Waals surface area contributed by atoms with Crippen LogP contribution in [0.2, 0.25) is 0 Å². The molecule has 0 saturated carbocycles. The lowest BCUT2D eigenvalue weighted by Crippen LogP contribution is -2.55. The van der Waals surface area contributed by atoms with E-state index < -0.39 is 13.3 Å². The van der Waals surface area contributed by atoms with Crippen LogP contribution in [0.1, 0.15) is 142 Å². The zero-order valence-electron chi connectivity index (χ0n) is 22.5. The second kappa shape index (κ2) is 20.2. The molecule has 0 saturated heterocycles. The van der Waals surface area contributed by atoms with Crippen LogP contribution < -0.4 is 4.89 Å². The van der Waals surface area contributed by atoms with Gasteiger partial charge in [0.25, 0.3) is 5.28 Å². The monoisotopic (exact) mass is 470 g/mol. The van der Waals surface area contributed by atoms with E-state index in [-0.39, 0.29) is 0 Å². The van der Waals surface area contributed by atoms with E-state index in [1.807, 2.05) is 28.1 Å². The lowest BCUT2D eigenvalue weighted by Gasteiger charge is -2.39. The Morgan fingerprint density at radius 2 is 1.03 bits per heavy atom. The quantitative estimate of drug-likeness (QED) is 0.0647. The molecule has 2 unspecified atom stereocenters. The van der Waals surface area contributed by atoms with Crippen molar-refractivity contribution in [2.75, 3.05) is 21.1 Å². The highest BCUT2D eigenvalue weighted by molar-refractivity contribution is 7.38. The summed E-state index contributed by atoms with van der Waals surface area (Å²) >= 11 is 0. The van der Waals surface area contributed by atoms with E-state index in [2.05, 4.69) is 19.1 Å². The summed E-state index contributed by atoms with van der Waals surface area (Å²) in [5.41, 5.74) is 0. The average Bonchev–Trinajstić information content (AvgIpc) is 2.74. The summed E-state index contributed by atoms with van der Waals surface area (Å²) in [6.45, 7) is 4.30. The van der Waals surface area contributed by atoms with Crippen LogP contribution in [0.4, 0.5) is 0 Å². The molecule has 32 heavy (non-hydrogen) atoms. The molecule has 0 aromatic heterocycles. The van der Waals surface area contributed by atoms with E-state index in [9.17, 15) is 9.46 Å². The first-order valence-corrected chi connectivity index (χ1v) is 15.1. The lowest BCUT2D eigenvalue weighted by atomic mass is 10.0. The number of rotatable bonds is 23. The van der Waals surface area contributed by atoms with Crippen molar-refractivity contribution >= 4 is 8.03 Å². The predicted octanol–water partition coefficient (Wildman–Crippen LogP) is 8.89. The Hall–Kier alpha value is -0.240. The van der Waals surface area contributed by atoms with Gasteiger partial charge in [0.15, 0.2) is 0 Å². The molecular formula is C28H57NO2P+. The number of nitrogens with zero attached hydrogens (tertiary/aromatic N) is 1. The van der Waals surface area contributed by atoms with Crippen LogP contribution >= 0.6 is 8.03 Å². The Kier molecular flexibility index (Phi) is 20.0. The van der Waals surface area contributed by atoms with Crippen LogP contribution in [0.25, 0.3) is 0 Å². The van der Waals surface area contributed by atoms with E-state index in [0.29, 0.717) is 10.9 Å². The Labute approximate surface area is 202 Å². The minimum Gasteiger partial charge on any atom is -0.590 e. The lowest BCUT2D eigenvalue weighted by molar-refractivity contribution is -0.910. The standard InChI is InChI=1S/C28H57NO2P/c1-6-8-9-10-11-12-13-14-15-16-17-18-19-20-21-22-23-24-25-26-27-28(7-2,32(30)31)29(3,4)5/h18-19H,6-17,20-27H2,1-5H3/q+1. The van der Waals surface area contributed by atoms with E-state index in [1.54, 1.807) is 0 Å². The SMILES string of the molecule is CCCCCCCCCCCCC=CCCCCCCCCC(CC)([P+](=O)[O-])[N+](C)(C)C. The highest BCUT2D eigenvalue weighted by atomic mass is 31.1. The van der Waals surface area contributed by atoms with Gasteiger partial charge < -0.3 is 4.89 Å². The topological polar surface area (TPSA) is 40.1 Å². The van der Waals surface area contributed by atoms with Gasteiger partial charge in [-0.25, -0.2) is 0 Å². The Bertz CT molecular complexity index is 473. The molecule has 0 amide bonds. The highest BCUT2D eigenvalue weighted by Gasteiger charge is 2.52. The average molecular weight is 471 g/mol. The molecule has 4 heteroatoms. The van der Waals surface area contributed by atoms with E-state index in [0.717, 1.165) is 19.3 Å². The van der Waals surface area contributed by atoms with Crippen LogP contribution in [0.3, 0.4) is 0 Å². The molecule has 0 aliphatic rings. The van der Waals surface area contributed by atoms with Gasteiger partial charge in [0.2, 0.25) is 0 Å². The molecule has 0 spiro atoms. The van der Waals surface area contributed by atoms with Gasteiger partial charge >= 0.3 is 8.03 Å². The maximum absolute atomic E-state index is 11.9. The van der Waals surface area contributed by atoms with Crippen molar-refractivity contribution in [2.24, 2.45) is 0 Å². The molecule has 0 radical (unpaired) electrons. The Balaban J connectivity index is 3.54. The highest BCUT2D eigenvalue weighted by Crippen LogP contribution is 2.44. The second-order valence-electron chi connectivity index (χ2n) is 10.7. The summed E-state index contributed by atoms with van der Waals surface area (Å²) < 4.78 is 12.5. The van der Waals surface area contributed by atoms with Crippen molar-refractivity contribution < 1.29 is 13.9 Å². The minimum absolute atomic E-state index is 0.508. The fraction of sp³-hybridized carbons (Fsp3) is 0.929. The zero-order chi connectivity index (χ0) is 24.1. The van der Waals surface area contributed by atoms with Crippen molar-refractivity contribution in [2.45, 2.75) is 148 Å². The van der Waals surface area contributed by atoms with Gasteiger partial charge in [0.1, 0.15) is 0 Å². The number of quaternary nitrogens is 1. The van der Waals surface area contributed by atoms with Gasteiger partial charge in [-0.05, 0) is 32.1 Å². The smallest absolute Gasteiger partial charge is 0.376 e. The summed E-state index contributed by atoms with van der Waals surface area (Å²) in [6.07, 6.45) is 30.1. The van der Waals surface area contributed by atoms with Gasteiger partial charge in [-0.1, -0.05) is 114 Å². The maximum Gasteiger partial charge on any atom is 0.376 e. The van der Waals surface area contributed by atoms with E-state index in [1.165, 1.54) is 103 Å². The third kappa shape index (κ3) is 14.8. The molecule has 0 aromatic carbocycles. The Morgan fingerprint density at radius 1 is 0.656 bits per heavy atom. The van der Waals surface area contributed by atoms with Crippen molar-refractivity contribution in [1.29, 1.82) is 0 Å². The van der Waals surface area contributed by atoms with Crippen LogP contribution in [0.15, 0.2) is 12.2 Å². The molecular weight excluding hydrogens is 413 g/mol. The van der Waals surface area contributed by atoms with Crippen LogP contribution in [-0.4, -0.2) is 30.9 Å². The molecule has 2 atom stereocenters. The fourth-order valence-corrected chi connectivity index (χ4v) is 5.90. The van der Waals surface area contributed by atoms with Crippen LogP contribution in [-0.2, 0) is 4.57 Å². The first-order valence-electron chi connectivity index (χ1n) is 13.9. The summed E-state index contributed by atoms with van der Waals surface area (Å²) in [6, 6.07) is 0. The van der Waals surface area contributed by atoms with Gasteiger partial charge in [-0.2, -0.15) is 0 Å². The van der Waals surface area contributed by atoms with Crippen molar-refractivity contribution in [3.8, 4) is 0 Å². The minimum atomic E-state index is -2.42. The number of unbranched alkanes of at least 4 members (excludes halogenated alkanes) is 16. The van der Waals surface area contributed by atoms with Crippen molar-refractivity contribution in [1.82, 2.24) is 0 Å². The van der Waals surface area contributed by atoms with Gasteiger partial charge in [0.05, 0.1) is 21.1 Å². The first-order chi connectivity index (χ1) is 15.3. The largest absolute Gasteiger partial charge is 0.590 e. The molecule has 0 heterocycles. The van der Waals surface area contributed by atoms with Crippen molar-refractivity contribution in [3.05, 3.63) is 12.2 Å². The van der Waals surface area contributed by atoms with Crippen LogP contribution in [0.5, 0.6) is 0 Å². The van der Waals surface area contributed by atoms with E-state index in [4.69, 9.17) is 0 Å². The molecule has 190 valence electrons. The molecule has 0 bridgehead atoms. The molecule has 3 nitrogen and oxygen atoms in total. The third-order valence-corrected chi connectivity index (χ3v) is 9.06. The number of hydrogen-bond acceptors (Lipinski definition) is 2. The van der Waals surface area contributed by atoms with Gasteiger partial charge in [-0.15, -0.1) is 0 Å². The number of hydrogen-bond donors (Lipinski definition) is 0. The second-order valence-corrected chi connectivity index (χ2v) is 12.1. The summed E-state index contributed by atoms with van der Waals surface area (Å²) in [7, 11) is 3.62. The molecule has 0 N–H and O–H groups in total. The number of allylic oxidation sites excluding steroid dienone is 2. The molecule has 0 aliphatic carbocycles. The van der Waals surface area contributed by atoms with Crippen molar-refractivity contribution in [3.63, 3.8) is 0 Å². The maximum atomic E-state index is 11.9. The first kappa shape index (κ1) is 31.8. The molecule has 0 fully saturated rings. The predicted molar refractivity (Wildman–Crippen MR) is 141 cm³/mol. The zero-order valence-corrected chi connectivity index (χ0v) is 23.4. The van der Waals surface area contributed by atoms with Crippen LogP contribution in [0, 0.1) is 0 Å².